The number of rotatable bonds is 8. The second-order valence-corrected chi connectivity index (χ2v) is 4.61. The Kier molecular flexibility index (Phi) is 7.07. The van der Waals surface area contributed by atoms with E-state index in [9.17, 15) is 9.18 Å². The van der Waals surface area contributed by atoms with Crippen molar-refractivity contribution in [1.29, 1.82) is 0 Å². The minimum absolute atomic E-state index is 0.00151. The summed E-state index contributed by atoms with van der Waals surface area (Å²) in [5, 5.41) is 2.85. The van der Waals surface area contributed by atoms with Crippen molar-refractivity contribution in [3.63, 3.8) is 0 Å². The van der Waals surface area contributed by atoms with Gasteiger partial charge in [-0.1, -0.05) is 12.1 Å². The Hall–Kier alpha value is -1.46. The van der Waals surface area contributed by atoms with Gasteiger partial charge in [-0.15, -0.1) is 0 Å². The van der Waals surface area contributed by atoms with Crippen molar-refractivity contribution in [2.24, 2.45) is 5.73 Å². The maximum Gasteiger partial charge on any atom is 0.234 e. The van der Waals surface area contributed by atoms with Gasteiger partial charge in [0.25, 0.3) is 0 Å². The highest BCUT2D eigenvalue weighted by Gasteiger charge is 2.05. The Bertz CT molecular complexity index is 381. The summed E-state index contributed by atoms with van der Waals surface area (Å²) in [6.45, 7) is 2.40. The highest BCUT2D eigenvalue weighted by atomic mass is 19.1. The number of carbonyl (C=O) groups excluding carboxylic acids is 1. The Labute approximate surface area is 113 Å². The molecule has 19 heavy (non-hydrogen) atoms. The van der Waals surface area contributed by atoms with Crippen molar-refractivity contribution in [1.82, 2.24) is 10.2 Å². The lowest BCUT2D eigenvalue weighted by molar-refractivity contribution is -0.121. The van der Waals surface area contributed by atoms with Crippen molar-refractivity contribution >= 4 is 5.91 Å². The minimum Gasteiger partial charge on any atom is -0.355 e. The van der Waals surface area contributed by atoms with E-state index < -0.39 is 0 Å². The summed E-state index contributed by atoms with van der Waals surface area (Å²) in [5.74, 6) is -0.240. The van der Waals surface area contributed by atoms with Crippen LogP contribution in [0.1, 0.15) is 12.0 Å². The highest BCUT2D eigenvalue weighted by Crippen LogP contribution is 2.02. The summed E-state index contributed by atoms with van der Waals surface area (Å²) in [5.41, 5.74) is 6.42. The lowest BCUT2D eigenvalue weighted by atomic mass is 10.1. The van der Waals surface area contributed by atoms with E-state index in [0.717, 1.165) is 18.5 Å². The van der Waals surface area contributed by atoms with E-state index in [0.29, 0.717) is 26.1 Å². The highest BCUT2D eigenvalue weighted by molar-refractivity contribution is 5.77. The number of likely N-dealkylation sites (N-methyl/N-ethyl adjacent to an activating group) is 1. The molecule has 0 saturated heterocycles. The minimum atomic E-state index is -0.241. The molecule has 0 spiro atoms. The zero-order chi connectivity index (χ0) is 14.1. The Morgan fingerprint density at radius 2 is 2.05 bits per heavy atom. The standard InChI is InChI=1S/C14H22FN3O/c1-18(10-2-8-16)11-14(19)17-9-7-12-3-5-13(15)6-4-12/h3-6H,2,7-11,16H2,1H3,(H,17,19). The molecule has 0 aliphatic carbocycles. The third-order valence-corrected chi connectivity index (χ3v) is 2.81. The van der Waals surface area contributed by atoms with Gasteiger partial charge in [-0.2, -0.15) is 0 Å². The molecule has 106 valence electrons. The van der Waals surface area contributed by atoms with Gasteiger partial charge >= 0.3 is 0 Å². The molecule has 0 saturated carbocycles. The normalized spacial score (nSPS) is 10.7. The number of carbonyl (C=O) groups is 1. The molecule has 0 aliphatic rings. The van der Waals surface area contributed by atoms with Crippen LogP contribution in [0.2, 0.25) is 0 Å². The first kappa shape index (κ1) is 15.6. The van der Waals surface area contributed by atoms with Crippen molar-refractivity contribution in [2.75, 3.05) is 33.2 Å². The van der Waals surface area contributed by atoms with Crippen molar-refractivity contribution in [3.05, 3.63) is 35.6 Å². The number of nitrogens with two attached hydrogens (primary N) is 1. The lowest BCUT2D eigenvalue weighted by Gasteiger charge is -2.15. The fourth-order valence-corrected chi connectivity index (χ4v) is 1.74. The van der Waals surface area contributed by atoms with Crippen LogP contribution < -0.4 is 11.1 Å². The molecule has 3 N–H and O–H groups in total. The van der Waals surface area contributed by atoms with E-state index in [1.54, 1.807) is 12.1 Å². The molecular weight excluding hydrogens is 245 g/mol. The summed E-state index contributed by atoms with van der Waals surface area (Å²) in [6, 6.07) is 6.32. The smallest absolute Gasteiger partial charge is 0.234 e. The third-order valence-electron chi connectivity index (χ3n) is 2.81. The number of nitrogens with one attached hydrogen (secondary N) is 1. The van der Waals surface area contributed by atoms with Crippen LogP contribution in [-0.2, 0) is 11.2 Å². The summed E-state index contributed by atoms with van der Waals surface area (Å²) < 4.78 is 12.7. The van der Waals surface area contributed by atoms with Crippen molar-refractivity contribution < 1.29 is 9.18 Å². The van der Waals surface area contributed by atoms with Crippen LogP contribution in [0.3, 0.4) is 0 Å². The molecule has 5 heteroatoms. The van der Waals surface area contributed by atoms with Gasteiger partial charge in [0.05, 0.1) is 6.54 Å². The van der Waals surface area contributed by atoms with E-state index >= 15 is 0 Å². The second kappa shape index (κ2) is 8.61. The average Bonchev–Trinajstić information content (AvgIpc) is 2.38. The number of hydrogen-bond donors (Lipinski definition) is 2. The van der Waals surface area contributed by atoms with Gasteiger partial charge in [0, 0.05) is 6.54 Å². The monoisotopic (exact) mass is 267 g/mol. The van der Waals surface area contributed by atoms with Crippen LogP contribution in [0.5, 0.6) is 0 Å². The molecule has 0 atom stereocenters. The van der Waals surface area contributed by atoms with Gasteiger partial charge in [0.1, 0.15) is 5.82 Å². The number of amides is 1. The van der Waals surface area contributed by atoms with E-state index in [4.69, 9.17) is 5.73 Å². The molecule has 1 amide bonds. The van der Waals surface area contributed by atoms with E-state index in [2.05, 4.69) is 5.32 Å². The SMILES string of the molecule is CN(CCCN)CC(=O)NCCc1ccc(F)cc1. The van der Waals surface area contributed by atoms with Crippen molar-refractivity contribution in [2.45, 2.75) is 12.8 Å². The van der Waals surface area contributed by atoms with Crippen LogP contribution in [0.25, 0.3) is 0 Å². The summed E-state index contributed by atoms with van der Waals surface area (Å²) >= 11 is 0. The van der Waals surface area contributed by atoms with Crippen molar-refractivity contribution in [3.8, 4) is 0 Å². The summed E-state index contributed by atoms with van der Waals surface area (Å²) in [4.78, 5) is 13.6. The van der Waals surface area contributed by atoms with Gasteiger partial charge in [0.15, 0.2) is 0 Å². The molecule has 0 heterocycles. The Morgan fingerprint density at radius 3 is 2.68 bits per heavy atom. The lowest BCUT2D eigenvalue weighted by Crippen LogP contribution is -2.36. The molecule has 0 aromatic heterocycles. The Morgan fingerprint density at radius 1 is 1.37 bits per heavy atom. The fraction of sp³-hybridized carbons (Fsp3) is 0.500. The molecule has 1 rings (SSSR count). The largest absolute Gasteiger partial charge is 0.355 e. The zero-order valence-corrected chi connectivity index (χ0v) is 11.4. The zero-order valence-electron chi connectivity index (χ0n) is 11.4. The summed E-state index contributed by atoms with van der Waals surface area (Å²) in [6.07, 6.45) is 1.60. The van der Waals surface area contributed by atoms with Gasteiger partial charge in [-0.25, -0.2) is 4.39 Å². The second-order valence-electron chi connectivity index (χ2n) is 4.61. The van der Waals surface area contributed by atoms with E-state index in [1.807, 2.05) is 11.9 Å². The molecule has 0 bridgehead atoms. The van der Waals surface area contributed by atoms with Crippen LogP contribution >= 0.6 is 0 Å². The number of hydrogen-bond acceptors (Lipinski definition) is 3. The maximum atomic E-state index is 12.7. The first-order valence-electron chi connectivity index (χ1n) is 6.51. The first-order chi connectivity index (χ1) is 9.11. The predicted molar refractivity (Wildman–Crippen MR) is 74.3 cm³/mol. The maximum absolute atomic E-state index is 12.7. The first-order valence-corrected chi connectivity index (χ1v) is 6.51. The molecular formula is C14H22FN3O. The number of nitrogens with zero attached hydrogens (tertiary/aromatic N) is 1. The fourth-order valence-electron chi connectivity index (χ4n) is 1.74. The molecule has 1 aromatic rings. The molecule has 0 unspecified atom stereocenters. The quantitative estimate of drug-likeness (QED) is 0.731. The van der Waals surface area contributed by atoms with Gasteiger partial charge in [-0.3, -0.25) is 9.69 Å². The molecule has 4 nitrogen and oxygen atoms in total. The Balaban J connectivity index is 2.18. The topological polar surface area (TPSA) is 58.4 Å². The van der Waals surface area contributed by atoms with E-state index in [1.165, 1.54) is 12.1 Å². The van der Waals surface area contributed by atoms with Crippen LogP contribution in [-0.4, -0.2) is 44.0 Å². The molecule has 1 aromatic carbocycles. The van der Waals surface area contributed by atoms with Crippen LogP contribution in [0.4, 0.5) is 4.39 Å². The van der Waals surface area contributed by atoms with Gasteiger partial charge in [-0.05, 0) is 50.7 Å². The van der Waals surface area contributed by atoms with Gasteiger partial charge < -0.3 is 11.1 Å². The molecule has 0 radical (unpaired) electrons. The van der Waals surface area contributed by atoms with E-state index in [-0.39, 0.29) is 11.7 Å². The molecule has 0 fully saturated rings. The van der Waals surface area contributed by atoms with Crippen LogP contribution in [0, 0.1) is 5.82 Å². The van der Waals surface area contributed by atoms with Crippen LogP contribution in [0.15, 0.2) is 24.3 Å². The number of halogens is 1. The van der Waals surface area contributed by atoms with Gasteiger partial charge in [0.2, 0.25) is 5.91 Å². The third kappa shape index (κ3) is 6.88. The molecule has 0 aliphatic heterocycles. The summed E-state index contributed by atoms with van der Waals surface area (Å²) in [7, 11) is 1.90. The predicted octanol–water partition coefficient (Wildman–Crippen LogP) is 0.765. The average molecular weight is 267 g/mol. The number of benzene rings is 1.